The van der Waals surface area contributed by atoms with E-state index in [1.54, 1.807) is 7.11 Å². The molecule has 0 heterocycles. The van der Waals surface area contributed by atoms with Gasteiger partial charge in [-0.1, -0.05) is 0 Å². The third kappa shape index (κ3) is 5.59. The zero-order chi connectivity index (χ0) is 14.5. The predicted molar refractivity (Wildman–Crippen MR) is 72.0 cm³/mol. The molecule has 0 aromatic rings. The molecule has 0 spiro atoms. The fourth-order valence-corrected chi connectivity index (χ4v) is 2.43. The summed E-state index contributed by atoms with van der Waals surface area (Å²) in [5.41, 5.74) is -0.472. The monoisotopic (exact) mass is 271 g/mol. The van der Waals surface area contributed by atoms with Crippen LogP contribution in [-0.4, -0.2) is 37.2 Å². The highest BCUT2D eigenvalue weighted by Gasteiger charge is 2.29. The standard InChI is InChI=1S/C14H25NO4/c1-14(2,3)19-13(17)15-11-7-5-10(6-8-11)12(9-16)18-4/h9-12H,5-8H2,1-4H3,(H,15,17)/t10?,11?,12-/m0/s1. The SMILES string of the molecule is CO[C@@H](C=O)C1CCC(NC(=O)OC(C)(C)C)CC1. The predicted octanol–water partition coefficient (Wildman–Crippen LogP) is 2.28. The maximum Gasteiger partial charge on any atom is 0.407 e. The van der Waals surface area contributed by atoms with Gasteiger partial charge in [0.15, 0.2) is 0 Å². The molecule has 5 heteroatoms. The molecule has 5 nitrogen and oxygen atoms in total. The molecule has 1 atom stereocenters. The molecular formula is C14H25NO4. The molecule has 1 aliphatic rings. The molecule has 0 saturated heterocycles. The zero-order valence-electron chi connectivity index (χ0n) is 12.3. The third-order valence-electron chi connectivity index (χ3n) is 3.36. The van der Waals surface area contributed by atoms with E-state index in [-0.39, 0.29) is 24.2 Å². The molecule has 0 aromatic carbocycles. The summed E-state index contributed by atoms with van der Waals surface area (Å²) in [5, 5.41) is 2.88. The summed E-state index contributed by atoms with van der Waals surface area (Å²) < 4.78 is 10.4. The summed E-state index contributed by atoms with van der Waals surface area (Å²) in [6, 6.07) is 0.134. The van der Waals surface area contributed by atoms with Crippen molar-refractivity contribution in [1.82, 2.24) is 5.32 Å². The number of amides is 1. The van der Waals surface area contributed by atoms with Crippen LogP contribution in [0.5, 0.6) is 0 Å². The van der Waals surface area contributed by atoms with E-state index >= 15 is 0 Å². The molecule has 0 aromatic heterocycles. The van der Waals surface area contributed by atoms with Crippen molar-refractivity contribution in [2.75, 3.05) is 7.11 Å². The molecule has 1 amide bonds. The molecule has 0 bridgehead atoms. The van der Waals surface area contributed by atoms with Crippen LogP contribution >= 0.6 is 0 Å². The van der Waals surface area contributed by atoms with Crippen LogP contribution in [0.2, 0.25) is 0 Å². The van der Waals surface area contributed by atoms with Gasteiger partial charge >= 0.3 is 6.09 Å². The van der Waals surface area contributed by atoms with Gasteiger partial charge in [-0.3, -0.25) is 0 Å². The summed E-state index contributed by atoms with van der Waals surface area (Å²) in [7, 11) is 1.56. The molecule has 1 fully saturated rings. The Morgan fingerprint density at radius 1 is 1.26 bits per heavy atom. The Hall–Kier alpha value is -1.10. The fraction of sp³-hybridized carbons (Fsp3) is 0.857. The summed E-state index contributed by atoms with van der Waals surface area (Å²) in [6.45, 7) is 5.53. The van der Waals surface area contributed by atoms with Crippen molar-refractivity contribution < 1.29 is 19.1 Å². The van der Waals surface area contributed by atoms with Crippen molar-refractivity contribution >= 4 is 12.4 Å². The molecule has 0 radical (unpaired) electrons. The van der Waals surface area contributed by atoms with E-state index in [0.29, 0.717) is 0 Å². The average molecular weight is 271 g/mol. The van der Waals surface area contributed by atoms with Crippen LogP contribution in [0.1, 0.15) is 46.5 Å². The van der Waals surface area contributed by atoms with E-state index in [0.717, 1.165) is 32.0 Å². The van der Waals surface area contributed by atoms with Gasteiger partial charge in [0.1, 0.15) is 18.0 Å². The topological polar surface area (TPSA) is 64.6 Å². The van der Waals surface area contributed by atoms with E-state index in [9.17, 15) is 9.59 Å². The van der Waals surface area contributed by atoms with E-state index in [1.165, 1.54) is 0 Å². The minimum absolute atomic E-state index is 0.134. The molecule has 1 aliphatic carbocycles. The van der Waals surface area contributed by atoms with E-state index < -0.39 is 5.60 Å². The number of methoxy groups -OCH3 is 1. The first-order chi connectivity index (χ1) is 8.85. The lowest BCUT2D eigenvalue weighted by atomic mass is 9.83. The highest BCUT2D eigenvalue weighted by atomic mass is 16.6. The number of carbonyl (C=O) groups excluding carboxylic acids is 2. The first-order valence-corrected chi connectivity index (χ1v) is 6.83. The second-order valence-electron chi connectivity index (χ2n) is 6.09. The summed E-state index contributed by atoms with van der Waals surface area (Å²) in [5.74, 6) is 0.263. The number of ether oxygens (including phenoxy) is 2. The van der Waals surface area contributed by atoms with Crippen LogP contribution in [0.4, 0.5) is 4.79 Å². The largest absolute Gasteiger partial charge is 0.444 e. The molecule has 0 unspecified atom stereocenters. The van der Waals surface area contributed by atoms with Gasteiger partial charge in [-0.2, -0.15) is 0 Å². The lowest BCUT2D eigenvalue weighted by Crippen LogP contribution is -2.42. The maximum absolute atomic E-state index is 11.6. The van der Waals surface area contributed by atoms with Crippen molar-refractivity contribution in [3.05, 3.63) is 0 Å². The van der Waals surface area contributed by atoms with Crippen molar-refractivity contribution in [2.45, 2.75) is 64.2 Å². The number of aldehydes is 1. The van der Waals surface area contributed by atoms with E-state index in [4.69, 9.17) is 9.47 Å². The minimum atomic E-state index is -0.472. The van der Waals surface area contributed by atoms with E-state index in [2.05, 4.69) is 5.32 Å². The van der Waals surface area contributed by atoms with Gasteiger partial charge in [-0.25, -0.2) is 4.79 Å². The second-order valence-corrected chi connectivity index (χ2v) is 6.09. The van der Waals surface area contributed by atoms with Crippen LogP contribution in [0.3, 0.4) is 0 Å². The molecule has 19 heavy (non-hydrogen) atoms. The van der Waals surface area contributed by atoms with Crippen molar-refractivity contribution in [3.8, 4) is 0 Å². The average Bonchev–Trinajstić information content (AvgIpc) is 2.30. The summed E-state index contributed by atoms with van der Waals surface area (Å²) >= 11 is 0. The Morgan fingerprint density at radius 2 is 1.84 bits per heavy atom. The van der Waals surface area contributed by atoms with Gasteiger partial charge in [0.25, 0.3) is 0 Å². The second kappa shape index (κ2) is 6.89. The van der Waals surface area contributed by atoms with Crippen LogP contribution in [0.15, 0.2) is 0 Å². The van der Waals surface area contributed by atoms with Crippen LogP contribution < -0.4 is 5.32 Å². The molecule has 110 valence electrons. The Bertz CT molecular complexity index is 303. The third-order valence-corrected chi connectivity index (χ3v) is 3.36. The van der Waals surface area contributed by atoms with Crippen LogP contribution in [-0.2, 0) is 14.3 Å². The maximum atomic E-state index is 11.6. The molecule has 1 saturated carbocycles. The highest BCUT2D eigenvalue weighted by Crippen LogP contribution is 2.27. The lowest BCUT2D eigenvalue weighted by Gasteiger charge is -2.31. The minimum Gasteiger partial charge on any atom is -0.444 e. The summed E-state index contributed by atoms with van der Waals surface area (Å²) in [4.78, 5) is 22.5. The zero-order valence-corrected chi connectivity index (χ0v) is 12.3. The molecule has 1 N–H and O–H groups in total. The smallest absolute Gasteiger partial charge is 0.407 e. The van der Waals surface area contributed by atoms with Gasteiger partial charge in [0.05, 0.1) is 0 Å². The Kier molecular flexibility index (Phi) is 5.79. The fourth-order valence-electron chi connectivity index (χ4n) is 2.43. The number of alkyl carbamates (subject to hydrolysis) is 1. The lowest BCUT2D eigenvalue weighted by molar-refractivity contribution is -0.120. The Morgan fingerprint density at radius 3 is 2.26 bits per heavy atom. The van der Waals surface area contributed by atoms with Crippen molar-refractivity contribution in [1.29, 1.82) is 0 Å². The van der Waals surface area contributed by atoms with Gasteiger partial charge < -0.3 is 19.6 Å². The first kappa shape index (κ1) is 16.0. The molecule has 1 rings (SSSR count). The Balaban J connectivity index is 2.34. The quantitative estimate of drug-likeness (QED) is 0.797. The van der Waals surface area contributed by atoms with Crippen LogP contribution in [0, 0.1) is 5.92 Å². The van der Waals surface area contributed by atoms with Gasteiger partial charge in [0, 0.05) is 13.2 Å². The number of carbonyl (C=O) groups is 2. The molecular weight excluding hydrogens is 246 g/mol. The van der Waals surface area contributed by atoms with Gasteiger partial charge in [0.2, 0.25) is 0 Å². The normalized spacial score (nSPS) is 25.5. The van der Waals surface area contributed by atoms with Crippen molar-refractivity contribution in [3.63, 3.8) is 0 Å². The van der Waals surface area contributed by atoms with E-state index in [1.807, 2.05) is 20.8 Å². The Labute approximate surface area is 115 Å². The van der Waals surface area contributed by atoms with Crippen LogP contribution in [0.25, 0.3) is 0 Å². The molecule has 0 aliphatic heterocycles. The van der Waals surface area contributed by atoms with Crippen molar-refractivity contribution in [2.24, 2.45) is 5.92 Å². The number of hydrogen-bond donors (Lipinski definition) is 1. The number of rotatable bonds is 4. The highest BCUT2D eigenvalue weighted by molar-refractivity contribution is 5.68. The van der Waals surface area contributed by atoms with Gasteiger partial charge in [-0.15, -0.1) is 0 Å². The first-order valence-electron chi connectivity index (χ1n) is 6.83. The summed E-state index contributed by atoms with van der Waals surface area (Å²) in [6.07, 6.45) is 3.67. The number of nitrogens with one attached hydrogen (secondary N) is 1. The van der Waals surface area contributed by atoms with Gasteiger partial charge in [-0.05, 0) is 52.4 Å². The number of hydrogen-bond acceptors (Lipinski definition) is 4.